The van der Waals surface area contributed by atoms with E-state index < -0.39 is 5.54 Å². The molecule has 1 spiro atoms. The molecule has 156 valence electrons. The number of nitrogens with zero attached hydrogens (tertiary/aromatic N) is 2. The number of anilines is 1. The summed E-state index contributed by atoms with van der Waals surface area (Å²) in [6.07, 6.45) is 0.902. The molecule has 0 bridgehead atoms. The molecule has 0 atom stereocenters. The van der Waals surface area contributed by atoms with Crippen LogP contribution in [-0.4, -0.2) is 52.8 Å². The molecule has 0 radical (unpaired) electrons. The normalized spacial score (nSPS) is 18.5. The van der Waals surface area contributed by atoms with Crippen LogP contribution >= 0.6 is 0 Å². The van der Waals surface area contributed by atoms with E-state index in [1.165, 1.54) is 29.2 Å². The Balaban J connectivity index is 1.32. The third-order valence-corrected chi connectivity index (χ3v) is 5.63. The first-order chi connectivity index (χ1) is 14.4. The van der Waals surface area contributed by atoms with Gasteiger partial charge in [0.2, 0.25) is 5.91 Å². The topological polar surface area (TPSA) is 81.8 Å². The number of carbonyl (C=O) groups is 3. The fraction of sp³-hybridized carbons (Fsp3) is 0.318. The van der Waals surface area contributed by atoms with Crippen LogP contribution in [0.2, 0.25) is 0 Å². The Labute approximate surface area is 173 Å². The lowest BCUT2D eigenvalue weighted by molar-refractivity contribution is -0.133. The number of piperidine rings is 1. The van der Waals surface area contributed by atoms with Crippen LogP contribution < -0.4 is 10.6 Å². The van der Waals surface area contributed by atoms with Crippen LogP contribution in [0.1, 0.15) is 18.4 Å². The second-order valence-electron chi connectivity index (χ2n) is 7.72. The van der Waals surface area contributed by atoms with Crippen molar-refractivity contribution in [2.24, 2.45) is 0 Å². The van der Waals surface area contributed by atoms with Crippen LogP contribution in [0.5, 0.6) is 0 Å². The van der Waals surface area contributed by atoms with Crippen LogP contribution in [0, 0.1) is 5.82 Å². The third kappa shape index (κ3) is 4.18. The molecule has 4 rings (SSSR count). The van der Waals surface area contributed by atoms with E-state index in [4.69, 9.17) is 0 Å². The second kappa shape index (κ2) is 8.23. The number of halogens is 1. The number of imide groups is 1. The summed E-state index contributed by atoms with van der Waals surface area (Å²) >= 11 is 0. The van der Waals surface area contributed by atoms with Crippen molar-refractivity contribution >= 4 is 23.5 Å². The van der Waals surface area contributed by atoms with Crippen molar-refractivity contribution in [3.05, 3.63) is 66.0 Å². The van der Waals surface area contributed by atoms with Crippen LogP contribution in [0.25, 0.3) is 0 Å². The zero-order chi connectivity index (χ0) is 21.1. The zero-order valence-corrected chi connectivity index (χ0v) is 16.4. The number of nitrogens with one attached hydrogen (secondary N) is 2. The van der Waals surface area contributed by atoms with E-state index in [9.17, 15) is 18.8 Å². The Morgan fingerprint density at radius 2 is 1.70 bits per heavy atom. The van der Waals surface area contributed by atoms with Gasteiger partial charge in [-0.2, -0.15) is 0 Å². The van der Waals surface area contributed by atoms with Gasteiger partial charge in [0, 0.05) is 18.8 Å². The minimum Gasteiger partial charge on any atom is -0.325 e. The highest BCUT2D eigenvalue weighted by Gasteiger charge is 2.52. The third-order valence-electron chi connectivity index (χ3n) is 5.63. The van der Waals surface area contributed by atoms with E-state index in [0.29, 0.717) is 31.6 Å². The second-order valence-corrected chi connectivity index (χ2v) is 7.72. The van der Waals surface area contributed by atoms with Crippen molar-refractivity contribution in [2.75, 3.05) is 25.0 Å². The number of hydrogen-bond donors (Lipinski definition) is 2. The SMILES string of the molecule is O=C(CN1CCC2(CC1)NC(=O)N(Cc1ccccc1)C2=O)Nc1ccc(F)cc1. The van der Waals surface area contributed by atoms with Gasteiger partial charge in [-0.25, -0.2) is 9.18 Å². The van der Waals surface area contributed by atoms with Gasteiger partial charge in [-0.15, -0.1) is 0 Å². The maximum absolute atomic E-state index is 13.0. The first-order valence-electron chi connectivity index (χ1n) is 9.91. The minimum atomic E-state index is -0.893. The fourth-order valence-corrected chi connectivity index (χ4v) is 3.95. The minimum absolute atomic E-state index is 0.170. The molecule has 0 saturated carbocycles. The van der Waals surface area contributed by atoms with E-state index in [2.05, 4.69) is 10.6 Å². The molecule has 2 aliphatic rings. The van der Waals surface area contributed by atoms with Crippen molar-refractivity contribution in [3.8, 4) is 0 Å². The van der Waals surface area contributed by atoms with Crippen LogP contribution in [0.3, 0.4) is 0 Å². The molecule has 0 aliphatic carbocycles. The first-order valence-corrected chi connectivity index (χ1v) is 9.91. The van der Waals surface area contributed by atoms with Gasteiger partial charge in [-0.05, 0) is 42.7 Å². The lowest BCUT2D eigenvalue weighted by Crippen LogP contribution is -2.55. The predicted molar refractivity (Wildman–Crippen MR) is 109 cm³/mol. The van der Waals surface area contributed by atoms with Gasteiger partial charge < -0.3 is 10.6 Å². The van der Waals surface area contributed by atoms with E-state index in [-0.39, 0.29) is 36.8 Å². The molecule has 2 saturated heterocycles. The lowest BCUT2D eigenvalue weighted by atomic mass is 9.87. The van der Waals surface area contributed by atoms with E-state index in [1.54, 1.807) is 0 Å². The van der Waals surface area contributed by atoms with E-state index >= 15 is 0 Å². The van der Waals surface area contributed by atoms with Crippen LogP contribution in [0.15, 0.2) is 54.6 Å². The number of hydrogen-bond acceptors (Lipinski definition) is 4. The molecule has 8 heteroatoms. The Hall–Kier alpha value is -3.26. The molecule has 0 unspecified atom stereocenters. The Bertz CT molecular complexity index is 941. The highest BCUT2D eigenvalue weighted by atomic mass is 19.1. The van der Waals surface area contributed by atoms with Crippen LogP contribution in [-0.2, 0) is 16.1 Å². The van der Waals surface area contributed by atoms with Crippen molar-refractivity contribution in [1.82, 2.24) is 15.1 Å². The Morgan fingerprint density at radius 3 is 2.37 bits per heavy atom. The van der Waals surface area contributed by atoms with E-state index in [1.807, 2.05) is 35.2 Å². The smallest absolute Gasteiger partial charge is 0.325 e. The number of likely N-dealkylation sites (tertiary alicyclic amines) is 1. The Kier molecular flexibility index (Phi) is 5.50. The van der Waals surface area contributed by atoms with Gasteiger partial charge in [0.15, 0.2) is 0 Å². The number of amides is 4. The van der Waals surface area contributed by atoms with Gasteiger partial charge in [-0.3, -0.25) is 19.4 Å². The van der Waals surface area contributed by atoms with Crippen molar-refractivity contribution in [2.45, 2.75) is 24.9 Å². The molecule has 2 N–H and O–H groups in total. The summed E-state index contributed by atoms with van der Waals surface area (Å²) in [6.45, 7) is 1.45. The molecule has 2 fully saturated rings. The summed E-state index contributed by atoms with van der Waals surface area (Å²) < 4.78 is 13.0. The number of benzene rings is 2. The molecule has 0 aromatic heterocycles. The van der Waals surface area contributed by atoms with Gasteiger partial charge in [0.05, 0.1) is 13.1 Å². The number of rotatable bonds is 5. The average Bonchev–Trinajstić information content (AvgIpc) is 2.96. The highest BCUT2D eigenvalue weighted by Crippen LogP contribution is 2.30. The fourth-order valence-electron chi connectivity index (χ4n) is 3.95. The summed E-state index contributed by atoms with van der Waals surface area (Å²) in [5.41, 5.74) is 0.535. The molecule has 30 heavy (non-hydrogen) atoms. The lowest BCUT2D eigenvalue weighted by Gasteiger charge is -2.36. The summed E-state index contributed by atoms with van der Waals surface area (Å²) in [7, 11) is 0. The average molecular weight is 410 g/mol. The van der Waals surface area contributed by atoms with Crippen molar-refractivity contribution < 1.29 is 18.8 Å². The maximum Gasteiger partial charge on any atom is 0.325 e. The summed E-state index contributed by atoms with van der Waals surface area (Å²) in [5, 5.41) is 5.62. The predicted octanol–water partition coefficient (Wildman–Crippen LogP) is 2.35. The monoisotopic (exact) mass is 410 g/mol. The summed E-state index contributed by atoms with van der Waals surface area (Å²) in [4.78, 5) is 40.9. The molecule has 2 aromatic carbocycles. The van der Waals surface area contributed by atoms with Crippen molar-refractivity contribution in [1.29, 1.82) is 0 Å². The molecule has 4 amide bonds. The quantitative estimate of drug-likeness (QED) is 0.742. The standard InChI is InChI=1S/C22H23FN4O3/c23-17-6-8-18(9-7-17)24-19(28)15-26-12-10-22(11-13-26)20(29)27(21(30)25-22)14-16-4-2-1-3-5-16/h1-9H,10-15H2,(H,24,28)(H,25,30). The zero-order valence-electron chi connectivity index (χ0n) is 16.4. The molecule has 2 heterocycles. The van der Waals surface area contributed by atoms with Crippen LogP contribution in [0.4, 0.5) is 14.9 Å². The van der Waals surface area contributed by atoms with Gasteiger partial charge in [0.25, 0.3) is 5.91 Å². The number of carbonyl (C=O) groups excluding carboxylic acids is 3. The largest absolute Gasteiger partial charge is 0.325 e. The highest BCUT2D eigenvalue weighted by molar-refractivity contribution is 6.07. The van der Waals surface area contributed by atoms with Gasteiger partial charge in [-0.1, -0.05) is 30.3 Å². The number of urea groups is 1. The molecule has 7 nitrogen and oxygen atoms in total. The molecule has 2 aliphatic heterocycles. The maximum atomic E-state index is 13.0. The first kappa shape index (κ1) is 20.0. The Morgan fingerprint density at radius 1 is 1.03 bits per heavy atom. The summed E-state index contributed by atoms with van der Waals surface area (Å²) in [5.74, 6) is -0.768. The molecule has 2 aromatic rings. The van der Waals surface area contributed by atoms with Gasteiger partial charge >= 0.3 is 6.03 Å². The molecular formula is C22H23FN4O3. The summed E-state index contributed by atoms with van der Waals surface area (Å²) in [6, 6.07) is 14.6. The molecular weight excluding hydrogens is 387 g/mol. The van der Waals surface area contributed by atoms with Crippen molar-refractivity contribution in [3.63, 3.8) is 0 Å². The van der Waals surface area contributed by atoms with E-state index in [0.717, 1.165) is 5.56 Å². The van der Waals surface area contributed by atoms with Gasteiger partial charge in [0.1, 0.15) is 11.4 Å².